The maximum atomic E-state index is 12.3. The van der Waals surface area contributed by atoms with Crippen molar-refractivity contribution in [1.82, 2.24) is 15.3 Å². The minimum absolute atomic E-state index is 0.0243. The molecule has 0 unspecified atom stereocenters. The predicted octanol–water partition coefficient (Wildman–Crippen LogP) is 2.26. The van der Waals surface area contributed by atoms with Crippen molar-refractivity contribution in [3.8, 4) is 0 Å². The van der Waals surface area contributed by atoms with Gasteiger partial charge in [0.25, 0.3) is 5.91 Å². The number of anilines is 1. The van der Waals surface area contributed by atoms with Gasteiger partial charge in [0.15, 0.2) is 0 Å². The van der Waals surface area contributed by atoms with Crippen molar-refractivity contribution in [1.29, 1.82) is 0 Å². The Morgan fingerprint density at radius 2 is 2.42 bits per heavy atom. The first-order valence-electron chi connectivity index (χ1n) is 9.18. The summed E-state index contributed by atoms with van der Waals surface area (Å²) in [5.74, 6) is 1.76. The lowest BCUT2D eigenvalue weighted by molar-refractivity contribution is 0.0141. The molecule has 0 aliphatic carbocycles. The number of nitrogens with zero attached hydrogens (tertiary/aromatic N) is 3. The smallest absolute Gasteiger partial charge is 0.261 e. The summed E-state index contributed by atoms with van der Waals surface area (Å²) in [4.78, 5) is 24.3. The van der Waals surface area contributed by atoms with Crippen molar-refractivity contribution in [2.24, 2.45) is 11.8 Å². The number of fused-ring (bicyclic) bond motifs is 1. The van der Waals surface area contributed by atoms with E-state index < -0.39 is 0 Å². The van der Waals surface area contributed by atoms with Crippen LogP contribution in [0.4, 0.5) is 5.82 Å². The quantitative estimate of drug-likeness (QED) is 0.894. The molecule has 6 nitrogen and oxygen atoms in total. The van der Waals surface area contributed by atoms with Crippen LogP contribution in [0.5, 0.6) is 0 Å². The SMILES string of the molecule is Cc1cncc(N2C[C@@H]3[C@H](CNC(=O)c4cccs4)[C@H]4CC[C@]3(C2)O4)n1. The Hall–Kier alpha value is -1.99. The Balaban J connectivity index is 1.31. The van der Waals surface area contributed by atoms with E-state index in [0.29, 0.717) is 18.4 Å². The van der Waals surface area contributed by atoms with Gasteiger partial charge in [-0.15, -0.1) is 11.3 Å². The lowest BCUT2D eigenvalue weighted by Gasteiger charge is -2.29. The maximum Gasteiger partial charge on any atom is 0.261 e. The van der Waals surface area contributed by atoms with E-state index in [1.54, 1.807) is 6.20 Å². The van der Waals surface area contributed by atoms with Crippen LogP contribution in [0.3, 0.4) is 0 Å². The van der Waals surface area contributed by atoms with Crippen LogP contribution in [0.15, 0.2) is 29.9 Å². The molecule has 26 heavy (non-hydrogen) atoms. The summed E-state index contributed by atoms with van der Waals surface area (Å²) in [6, 6.07) is 3.78. The van der Waals surface area contributed by atoms with Crippen LogP contribution in [0.25, 0.3) is 0 Å². The molecule has 0 aromatic carbocycles. The minimum Gasteiger partial charge on any atom is -0.369 e. The van der Waals surface area contributed by atoms with Crippen molar-refractivity contribution in [3.05, 3.63) is 40.5 Å². The molecule has 1 amide bonds. The van der Waals surface area contributed by atoms with Gasteiger partial charge in [-0.3, -0.25) is 9.78 Å². The van der Waals surface area contributed by atoms with E-state index in [4.69, 9.17) is 4.74 Å². The van der Waals surface area contributed by atoms with E-state index >= 15 is 0 Å². The van der Waals surface area contributed by atoms with Gasteiger partial charge >= 0.3 is 0 Å². The zero-order valence-corrected chi connectivity index (χ0v) is 15.5. The molecule has 3 aliphatic heterocycles. The predicted molar refractivity (Wildman–Crippen MR) is 99.5 cm³/mol. The van der Waals surface area contributed by atoms with Crippen LogP contribution in [-0.2, 0) is 4.74 Å². The molecule has 1 spiro atoms. The van der Waals surface area contributed by atoms with Gasteiger partial charge in [-0.2, -0.15) is 0 Å². The van der Waals surface area contributed by atoms with E-state index in [1.807, 2.05) is 30.6 Å². The average Bonchev–Trinajstić information content (AvgIpc) is 3.39. The molecule has 7 heteroatoms. The first-order valence-corrected chi connectivity index (χ1v) is 10.1. The number of hydrogen-bond acceptors (Lipinski definition) is 6. The second kappa shape index (κ2) is 6.03. The Labute approximate surface area is 156 Å². The molecular formula is C19H22N4O2S. The van der Waals surface area contributed by atoms with Gasteiger partial charge in [0.2, 0.25) is 0 Å². The number of amides is 1. The van der Waals surface area contributed by atoms with Gasteiger partial charge < -0.3 is 15.0 Å². The summed E-state index contributed by atoms with van der Waals surface area (Å²) in [5.41, 5.74) is 0.857. The third-order valence-electron chi connectivity index (χ3n) is 6.09. The first kappa shape index (κ1) is 16.2. The fraction of sp³-hybridized carbons (Fsp3) is 0.526. The number of aryl methyl sites for hydroxylation is 1. The first-order chi connectivity index (χ1) is 12.6. The van der Waals surface area contributed by atoms with E-state index in [1.165, 1.54) is 11.3 Å². The zero-order valence-electron chi connectivity index (χ0n) is 14.7. The molecule has 5 heterocycles. The molecule has 5 rings (SSSR count). The largest absolute Gasteiger partial charge is 0.369 e. The molecule has 2 bridgehead atoms. The summed E-state index contributed by atoms with van der Waals surface area (Å²) < 4.78 is 6.46. The molecule has 3 fully saturated rings. The fourth-order valence-corrected chi connectivity index (χ4v) is 5.59. The number of nitrogens with one attached hydrogen (secondary N) is 1. The number of aromatic nitrogens is 2. The third kappa shape index (κ3) is 2.53. The van der Waals surface area contributed by atoms with Crippen molar-refractivity contribution in [2.75, 3.05) is 24.5 Å². The number of thiophene rings is 1. The van der Waals surface area contributed by atoms with Crippen LogP contribution in [0, 0.1) is 18.8 Å². The van der Waals surface area contributed by atoms with E-state index in [9.17, 15) is 4.79 Å². The number of carbonyl (C=O) groups excluding carboxylic acids is 1. The van der Waals surface area contributed by atoms with Crippen LogP contribution in [0.2, 0.25) is 0 Å². The van der Waals surface area contributed by atoms with Gasteiger partial charge in [-0.1, -0.05) is 6.07 Å². The Bertz CT molecular complexity index is 827. The summed E-state index contributed by atoms with van der Waals surface area (Å²) in [5, 5.41) is 5.06. The molecule has 1 N–H and O–H groups in total. The van der Waals surface area contributed by atoms with Crippen molar-refractivity contribution in [2.45, 2.75) is 31.5 Å². The molecule has 4 atom stereocenters. The summed E-state index contributed by atoms with van der Waals surface area (Å²) in [6.45, 7) is 4.45. The second-order valence-corrected chi connectivity index (χ2v) is 8.56. The Kier molecular flexibility index (Phi) is 3.76. The molecular weight excluding hydrogens is 348 g/mol. The van der Waals surface area contributed by atoms with Crippen molar-refractivity contribution < 1.29 is 9.53 Å². The number of ether oxygens (including phenoxy) is 1. The Morgan fingerprint density at radius 3 is 3.23 bits per heavy atom. The highest BCUT2D eigenvalue weighted by atomic mass is 32.1. The Morgan fingerprint density at radius 1 is 1.50 bits per heavy atom. The summed E-state index contributed by atoms with van der Waals surface area (Å²) in [6.07, 6.45) is 6.08. The zero-order chi connectivity index (χ0) is 17.7. The average molecular weight is 370 g/mol. The molecule has 136 valence electrons. The van der Waals surface area contributed by atoms with E-state index in [0.717, 1.165) is 42.3 Å². The maximum absolute atomic E-state index is 12.3. The summed E-state index contributed by atoms with van der Waals surface area (Å²) in [7, 11) is 0. The molecule has 0 radical (unpaired) electrons. The highest BCUT2D eigenvalue weighted by Gasteiger charge is 2.63. The lowest BCUT2D eigenvalue weighted by Crippen LogP contribution is -2.41. The number of rotatable bonds is 4. The van der Waals surface area contributed by atoms with Crippen molar-refractivity contribution in [3.63, 3.8) is 0 Å². The van der Waals surface area contributed by atoms with Crippen LogP contribution in [-0.4, -0.2) is 47.2 Å². The van der Waals surface area contributed by atoms with E-state index in [-0.39, 0.29) is 17.6 Å². The highest BCUT2D eigenvalue weighted by molar-refractivity contribution is 7.12. The standard InChI is InChI=1S/C19H22N4O2S/c1-12-7-20-9-17(22-12)23-10-14-13(15-4-5-19(14,11-23)25-15)8-21-18(24)16-3-2-6-26-16/h2-3,6-7,9,13-15H,4-5,8,10-11H2,1H3,(H,21,24)/t13-,14+,15+,19+/m0/s1. The van der Waals surface area contributed by atoms with Crippen LogP contribution < -0.4 is 10.2 Å². The van der Waals surface area contributed by atoms with Gasteiger partial charge in [0.05, 0.1) is 28.5 Å². The molecule has 3 aliphatic rings. The highest BCUT2D eigenvalue weighted by Crippen LogP contribution is 2.55. The monoisotopic (exact) mass is 370 g/mol. The summed E-state index contributed by atoms with van der Waals surface area (Å²) >= 11 is 1.48. The van der Waals surface area contributed by atoms with Gasteiger partial charge in [-0.05, 0) is 31.2 Å². The molecule has 3 saturated heterocycles. The number of hydrogen-bond donors (Lipinski definition) is 1. The topological polar surface area (TPSA) is 67.4 Å². The molecule has 0 saturated carbocycles. The van der Waals surface area contributed by atoms with Crippen molar-refractivity contribution >= 4 is 23.1 Å². The van der Waals surface area contributed by atoms with Gasteiger partial charge in [0.1, 0.15) is 5.82 Å². The molecule has 2 aromatic heterocycles. The van der Waals surface area contributed by atoms with Crippen LogP contribution >= 0.6 is 11.3 Å². The molecule has 2 aromatic rings. The van der Waals surface area contributed by atoms with Crippen LogP contribution in [0.1, 0.15) is 28.2 Å². The second-order valence-electron chi connectivity index (χ2n) is 7.62. The fourth-order valence-electron chi connectivity index (χ4n) is 4.95. The minimum atomic E-state index is -0.0750. The number of carbonyl (C=O) groups is 1. The lowest BCUT2D eigenvalue weighted by atomic mass is 9.73. The third-order valence-corrected chi connectivity index (χ3v) is 6.96. The van der Waals surface area contributed by atoms with Gasteiger partial charge in [0, 0.05) is 37.7 Å². The normalized spacial score (nSPS) is 32.0. The van der Waals surface area contributed by atoms with E-state index in [2.05, 4.69) is 20.2 Å². The van der Waals surface area contributed by atoms with Gasteiger partial charge in [-0.25, -0.2) is 4.98 Å².